The van der Waals surface area contributed by atoms with E-state index in [1.54, 1.807) is 24.3 Å². The van der Waals surface area contributed by atoms with Crippen molar-refractivity contribution >= 4 is 16.0 Å². The van der Waals surface area contributed by atoms with Crippen LogP contribution in [0.4, 0.5) is 0 Å². The van der Waals surface area contributed by atoms with E-state index in [1.807, 2.05) is 12.1 Å². The first kappa shape index (κ1) is 18.0. The van der Waals surface area contributed by atoms with Crippen molar-refractivity contribution in [1.82, 2.24) is 4.72 Å². The average molecular weight is 349 g/mol. The molecule has 2 aromatic rings. The summed E-state index contributed by atoms with van der Waals surface area (Å²) in [7, 11) is -2.12. The van der Waals surface area contributed by atoms with E-state index in [9.17, 15) is 13.2 Å². The summed E-state index contributed by atoms with van der Waals surface area (Å²) in [6.07, 6.45) is 0.377. The van der Waals surface area contributed by atoms with E-state index in [0.29, 0.717) is 12.2 Å². The van der Waals surface area contributed by atoms with E-state index in [-0.39, 0.29) is 17.9 Å². The summed E-state index contributed by atoms with van der Waals surface area (Å²) < 4.78 is 32.4. The predicted octanol–water partition coefficient (Wildman–Crippen LogP) is 2.19. The van der Waals surface area contributed by atoms with Crippen LogP contribution >= 0.6 is 0 Å². The number of hydrogen-bond donors (Lipinski definition) is 2. The van der Waals surface area contributed by atoms with Gasteiger partial charge in [0.25, 0.3) is 0 Å². The molecule has 0 aromatic heterocycles. The molecular weight excluding hydrogens is 330 g/mol. The van der Waals surface area contributed by atoms with Gasteiger partial charge in [-0.3, -0.25) is 4.79 Å². The van der Waals surface area contributed by atoms with Crippen LogP contribution in [0.1, 0.15) is 17.5 Å². The van der Waals surface area contributed by atoms with Crippen LogP contribution < -0.4 is 9.46 Å². The van der Waals surface area contributed by atoms with Crippen LogP contribution in [0.15, 0.2) is 53.4 Å². The van der Waals surface area contributed by atoms with Crippen molar-refractivity contribution in [1.29, 1.82) is 0 Å². The molecule has 2 aromatic carbocycles. The first-order valence-electron chi connectivity index (χ1n) is 7.34. The molecule has 0 aliphatic carbocycles. The maximum Gasteiger partial charge on any atom is 0.303 e. The molecule has 7 heteroatoms. The van der Waals surface area contributed by atoms with E-state index in [2.05, 4.69) is 4.72 Å². The van der Waals surface area contributed by atoms with Crippen molar-refractivity contribution in [3.8, 4) is 5.75 Å². The minimum absolute atomic E-state index is 0.0121. The number of aryl methyl sites for hydroxylation is 1. The summed E-state index contributed by atoms with van der Waals surface area (Å²) in [4.78, 5) is 10.7. The van der Waals surface area contributed by atoms with Crippen LogP contribution in [-0.4, -0.2) is 26.6 Å². The van der Waals surface area contributed by atoms with Crippen molar-refractivity contribution < 1.29 is 23.1 Å². The Labute approximate surface area is 141 Å². The normalized spacial score (nSPS) is 11.2. The second kappa shape index (κ2) is 7.94. The number of sulfonamides is 1. The molecule has 0 saturated carbocycles. The van der Waals surface area contributed by atoms with Crippen molar-refractivity contribution in [2.45, 2.75) is 24.3 Å². The van der Waals surface area contributed by atoms with E-state index < -0.39 is 16.0 Å². The van der Waals surface area contributed by atoms with Gasteiger partial charge in [-0.1, -0.05) is 30.3 Å². The molecule has 2 N–H and O–H groups in total. The summed E-state index contributed by atoms with van der Waals surface area (Å²) in [5.74, 6) is -0.269. The third-order valence-corrected chi connectivity index (χ3v) is 4.92. The van der Waals surface area contributed by atoms with Gasteiger partial charge in [0.2, 0.25) is 10.0 Å². The van der Waals surface area contributed by atoms with Crippen molar-refractivity contribution in [3.05, 3.63) is 59.7 Å². The molecule has 0 aliphatic heterocycles. The average Bonchev–Trinajstić information content (AvgIpc) is 2.59. The largest absolute Gasteiger partial charge is 0.496 e. The lowest BCUT2D eigenvalue weighted by molar-refractivity contribution is -0.136. The van der Waals surface area contributed by atoms with Crippen molar-refractivity contribution in [2.75, 3.05) is 7.11 Å². The number of para-hydroxylation sites is 1. The Kier molecular flexibility index (Phi) is 5.94. The smallest absolute Gasteiger partial charge is 0.303 e. The summed E-state index contributed by atoms with van der Waals surface area (Å²) in [6, 6.07) is 13.4. The number of hydrogen-bond acceptors (Lipinski definition) is 4. The van der Waals surface area contributed by atoms with Crippen LogP contribution in [0.2, 0.25) is 0 Å². The molecule has 0 unspecified atom stereocenters. The number of ether oxygens (including phenoxy) is 1. The highest BCUT2D eigenvalue weighted by atomic mass is 32.2. The number of rotatable bonds is 8. The minimum Gasteiger partial charge on any atom is -0.496 e. The predicted molar refractivity (Wildman–Crippen MR) is 89.4 cm³/mol. The standard InChI is InChI=1S/C17H19NO5S/c1-23-16-5-3-2-4-14(16)12-18-24(21,22)15-9-6-13(7-10-15)8-11-17(19)20/h2-7,9-10,18H,8,11-12H2,1H3,(H,19,20). The molecule has 2 rings (SSSR count). The number of methoxy groups -OCH3 is 1. The molecule has 0 radical (unpaired) electrons. The third kappa shape index (κ3) is 4.81. The van der Waals surface area contributed by atoms with Gasteiger partial charge in [0.05, 0.1) is 12.0 Å². The second-order valence-electron chi connectivity index (χ2n) is 5.17. The van der Waals surface area contributed by atoms with Gasteiger partial charge in [0.15, 0.2) is 0 Å². The number of carboxylic acids is 1. The Hall–Kier alpha value is -2.38. The van der Waals surface area contributed by atoms with Crippen LogP contribution in [0.25, 0.3) is 0 Å². The van der Waals surface area contributed by atoms with Gasteiger partial charge in [-0.25, -0.2) is 13.1 Å². The Bertz CT molecular complexity index is 800. The number of carbonyl (C=O) groups is 1. The Morgan fingerprint density at radius 1 is 1.12 bits per heavy atom. The van der Waals surface area contributed by atoms with Gasteiger partial charge in [-0.2, -0.15) is 0 Å². The molecular formula is C17H19NO5S. The summed E-state index contributed by atoms with van der Waals surface area (Å²) in [5.41, 5.74) is 1.52. The molecule has 0 spiro atoms. The Balaban J connectivity index is 2.06. The highest BCUT2D eigenvalue weighted by Gasteiger charge is 2.14. The monoisotopic (exact) mass is 349 g/mol. The van der Waals surface area contributed by atoms with Gasteiger partial charge >= 0.3 is 5.97 Å². The zero-order valence-electron chi connectivity index (χ0n) is 13.2. The Morgan fingerprint density at radius 2 is 1.79 bits per heavy atom. The molecule has 6 nitrogen and oxygen atoms in total. The van der Waals surface area contributed by atoms with Gasteiger partial charge < -0.3 is 9.84 Å². The lowest BCUT2D eigenvalue weighted by Gasteiger charge is -2.10. The Morgan fingerprint density at radius 3 is 2.42 bits per heavy atom. The molecule has 0 amide bonds. The lowest BCUT2D eigenvalue weighted by Crippen LogP contribution is -2.23. The number of nitrogens with one attached hydrogen (secondary N) is 1. The quantitative estimate of drug-likeness (QED) is 0.762. The second-order valence-corrected chi connectivity index (χ2v) is 6.94. The fourth-order valence-electron chi connectivity index (χ4n) is 2.19. The third-order valence-electron chi connectivity index (χ3n) is 3.51. The van der Waals surface area contributed by atoms with Gasteiger partial charge in [-0.05, 0) is 30.2 Å². The first-order valence-corrected chi connectivity index (χ1v) is 8.83. The van der Waals surface area contributed by atoms with E-state index in [0.717, 1.165) is 11.1 Å². The fourth-order valence-corrected chi connectivity index (χ4v) is 3.20. The SMILES string of the molecule is COc1ccccc1CNS(=O)(=O)c1ccc(CCC(=O)O)cc1. The van der Waals surface area contributed by atoms with Gasteiger partial charge in [0, 0.05) is 18.5 Å². The summed E-state index contributed by atoms with van der Waals surface area (Å²) in [5, 5.41) is 8.66. The van der Waals surface area contributed by atoms with Crippen LogP contribution in [0.5, 0.6) is 5.75 Å². The summed E-state index contributed by atoms with van der Waals surface area (Å²) in [6.45, 7) is 0.118. The highest BCUT2D eigenvalue weighted by Crippen LogP contribution is 2.18. The van der Waals surface area contributed by atoms with E-state index in [4.69, 9.17) is 9.84 Å². The minimum atomic E-state index is -3.65. The zero-order valence-corrected chi connectivity index (χ0v) is 14.0. The van der Waals surface area contributed by atoms with Crippen LogP contribution in [0, 0.1) is 0 Å². The summed E-state index contributed by atoms with van der Waals surface area (Å²) >= 11 is 0. The number of benzene rings is 2. The molecule has 0 fully saturated rings. The molecule has 24 heavy (non-hydrogen) atoms. The van der Waals surface area contributed by atoms with Crippen molar-refractivity contribution in [3.63, 3.8) is 0 Å². The van der Waals surface area contributed by atoms with Crippen molar-refractivity contribution in [2.24, 2.45) is 0 Å². The molecule has 0 atom stereocenters. The number of aliphatic carboxylic acids is 1. The lowest BCUT2D eigenvalue weighted by atomic mass is 10.1. The van der Waals surface area contributed by atoms with E-state index >= 15 is 0 Å². The highest BCUT2D eigenvalue weighted by molar-refractivity contribution is 7.89. The first-order chi connectivity index (χ1) is 11.4. The topological polar surface area (TPSA) is 92.7 Å². The van der Waals surface area contributed by atoms with Crippen LogP contribution in [-0.2, 0) is 27.8 Å². The molecule has 128 valence electrons. The van der Waals surface area contributed by atoms with Gasteiger partial charge in [0.1, 0.15) is 5.75 Å². The molecule has 0 bridgehead atoms. The zero-order chi connectivity index (χ0) is 17.6. The molecule has 0 saturated heterocycles. The van der Waals surface area contributed by atoms with Gasteiger partial charge in [-0.15, -0.1) is 0 Å². The van der Waals surface area contributed by atoms with Crippen LogP contribution in [0.3, 0.4) is 0 Å². The molecule has 0 heterocycles. The fraction of sp³-hybridized carbons (Fsp3) is 0.235. The molecule has 0 aliphatic rings. The maximum absolute atomic E-state index is 12.3. The van der Waals surface area contributed by atoms with E-state index in [1.165, 1.54) is 19.2 Å². The maximum atomic E-state index is 12.3. The number of carboxylic acid groups (broad SMARTS) is 1.